The van der Waals surface area contributed by atoms with E-state index in [1.54, 1.807) is 12.1 Å². The van der Waals surface area contributed by atoms with Crippen LogP contribution in [0.5, 0.6) is 0 Å². The van der Waals surface area contributed by atoms with E-state index < -0.39 is 0 Å². The molecule has 0 fully saturated rings. The molecule has 1 atom stereocenters. The molecule has 0 saturated heterocycles. The number of benzene rings is 2. The summed E-state index contributed by atoms with van der Waals surface area (Å²) in [4.78, 5) is 0. The van der Waals surface area contributed by atoms with Crippen molar-refractivity contribution in [3.63, 3.8) is 0 Å². The van der Waals surface area contributed by atoms with Crippen LogP contribution in [0.3, 0.4) is 0 Å². The minimum atomic E-state index is -0.187. The van der Waals surface area contributed by atoms with Crippen molar-refractivity contribution in [2.75, 3.05) is 0 Å². The molecule has 0 radical (unpaired) electrons. The van der Waals surface area contributed by atoms with Gasteiger partial charge in [0.2, 0.25) is 0 Å². The standard InChI is InChI=1S/C18H20ClF/c1-3-13-9-10-14(4-2)16(11-13)17(19)12-15-7-5-6-8-18(15)20/h5-11,17H,3-4,12H2,1-2H3. The van der Waals surface area contributed by atoms with Crippen LogP contribution in [-0.2, 0) is 19.3 Å². The molecule has 2 rings (SSSR count). The molecule has 2 aromatic carbocycles. The predicted molar refractivity (Wildman–Crippen MR) is 83.9 cm³/mol. The first-order chi connectivity index (χ1) is 9.65. The van der Waals surface area contributed by atoms with Gasteiger partial charge in [0.05, 0.1) is 5.38 Å². The van der Waals surface area contributed by atoms with Crippen molar-refractivity contribution in [2.45, 2.75) is 38.5 Å². The molecule has 20 heavy (non-hydrogen) atoms. The molecule has 0 aromatic heterocycles. The Morgan fingerprint density at radius 2 is 1.75 bits per heavy atom. The predicted octanol–water partition coefficient (Wildman–Crippen LogP) is 5.47. The molecular formula is C18H20ClF. The Bertz CT molecular complexity index is 577. The summed E-state index contributed by atoms with van der Waals surface area (Å²) in [5, 5.41) is -0.187. The summed E-state index contributed by atoms with van der Waals surface area (Å²) in [6.07, 6.45) is 2.45. The lowest BCUT2D eigenvalue weighted by molar-refractivity contribution is 0.607. The molecular weight excluding hydrogens is 271 g/mol. The van der Waals surface area contributed by atoms with Gasteiger partial charge in [0.25, 0.3) is 0 Å². The first kappa shape index (κ1) is 15.1. The average Bonchev–Trinajstić information content (AvgIpc) is 2.48. The van der Waals surface area contributed by atoms with E-state index >= 15 is 0 Å². The molecule has 0 saturated carbocycles. The minimum absolute atomic E-state index is 0.178. The molecule has 0 aliphatic heterocycles. The van der Waals surface area contributed by atoms with E-state index in [1.165, 1.54) is 17.2 Å². The maximum absolute atomic E-state index is 13.7. The van der Waals surface area contributed by atoms with Crippen LogP contribution in [0.4, 0.5) is 4.39 Å². The second-order valence-corrected chi connectivity index (χ2v) is 5.53. The summed E-state index contributed by atoms with van der Waals surface area (Å²) in [5.74, 6) is -0.178. The van der Waals surface area contributed by atoms with E-state index in [0.717, 1.165) is 18.4 Å². The topological polar surface area (TPSA) is 0 Å². The normalized spacial score (nSPS) is 12.4. The largest absolute Gasteiger partial charge is 0.207 e. The fourth-order valence-corrected chi connectivity index (χ4v) is 2.81. The van der Waals surface area contributed by atoms with Gasteiger partial charge >= 0.3 is 0 Å². The third-order valence-corrected chi connectivity index (χ3v) is 4.08. The monoisotopic (exact) mass is 290 g/mol. The fraction of sp³-hybridized carbons (Fsp3) is 0.333. The Morgan fingerprint density at radius 1 is 1.00 bits per heavy atom. The quantitative estimate of drug-likeness (QED) is 0.640. The number of alkyl halides is 1. The molecule has 0 bridgehead atoms. The summed E-state index contributed by atoms with van der Waals surface area (Å²) < 4.78 is 13.7. The van der Waals surface area contributed by atoms with Crippen molar-refractivity contribution < 1.29 is 4.39 Å². The van der Waals surface area contributed by atoms with E-state index in [-0.39, 0.29) is 11.2 Å². The van der Waals surface area contributed by atoms with E-state index in [9.17, 15) is 4.39 Å². The zero-order chi connectivity index (χ0) is 14.5. The number of hydrogen-bond donors (Lipinski definition) is 0. The van der Waals surface area contributed by atoms with Gasteiger partial charge in [0, 0.05) is 0 Å². The van der Waals surface area contributed by atoms with Gasteiger partial charge in [0.15, 0.2) is 0 Å². The summed E-state index contributed by atoms with van der Waals surface area (Å²) in [5.41, 5.74) is 4.34. The lowest BCUT2D eigenvalue weighted by Gasteiger charge is -2.16. The van der Waals surface area contributed by atoms with Crippen molar-refractivity contribution in [1.29, 1.82) is 0 Å². The maximum atomic E-state index is 13.7. The summed E-state index contributed by atoms with van der Waals surface area (Å²) in [6.45, 7) is 4.25. The van der Waals surface area contributed by atoms with Crippen LogP contribution in [0.25, 0.3) is 0 Å². The molecule has 0 heterocycles. The molecule has 106 valence electrons. The van der Waals surface area contributed by atoms with Gasteiger partial charge in [-0.25, -0.2) is 4.39 Å². The van der Waals surface area contributed by atoms with Crippen molar-refractivity contribution in [2.24, 2.45) is 0 Å². The first-order valence-corrected chi connectivity index (χ1v) is 7.58. The Kier molecular flexibility index (Phi) is 5.19. The lowest BCUT2D eigenvalue weighted by atomic mass is 9.95. The SMILES string of the molecule is CCc1ccc(CC)c(C(Cl)Cc2ccccc2F)c1. The molecule has 0 spiro atoms. The van der Waals surface area contributed by atoms with Crippen molar-refractivity contribution in [3.8, 4) is 0 Å². The molecule has 2 aromatic rings. The first-order valence-electron chi connectivity index (χ1n) is 7.14. The summed E-state index contributed by atoms with van der Waals surface area (Å²) in [7, 11) is 0. The molecule has 2 heteroatoms. The highest BCUT2D eigenvalue weighted by Crippen LogP contribution is 2.30. The molecule has 1 unspecified atom stereocenters. The van der Waals surface area contributed by atoms with Crippen LogP contribution >= 0.6 is 11.6 Å². The highest BCUT2D eigenvalue weighted by Gasteiger charge is 2.15. The van der Waals surface area contributed by atoms with Crippen LogP contribution in [0, 0.1) is 5.82 Å². The Labute approximate surface area is 125 Å². The molecule has 0 amide bonds. The van der Waals surface area contributed by atoms with Crippen molar-refractivity contribution in [3.05, 3.63) is 70.5 Å². The minimum Gasteiger partial charge on any atom is -0.207 e. The van der Waals surface area contributed by atoms with E-state index in [1.807, 2.05) is 6.07 Å². The maximum Gasteiger partial charge on any atom is 0.126 e. The summed E-state index contributed by atoms with van der Waals surface area (Å²) >= 11 is 6.56. The van der Waals surface area contributed by atoms with Gasteiger partial charge in [-0.2, -0.15) is 0 Å². The number of hydrogen-bond acceptors (Lipinski definition) is 0. The van der Waals surface area contributed by atoms with Crippen molar-refractivity contribution >= 4 is 11.6 Å². The highest BCUT2D eigenvalue weighted by molar-refractivity contribution is 6.21. The lowest BCUT2D eigenvalue weighted by Crippen LogP contribution is -2.03. The third kappa shape index (κ3) is 3.40. The average molecular weight is 291 g/mol. The zero-order valence-corrected chi connectivity index (χ0v) is 12.8. The van der Waals surface area contributed by atoms with Gasteiger partial charge in [-0.05, 0) is 47.6 Å². The Hall–Kier alpha value is -1.34. The van der Waals surface area contributed by atoms with Gasteiger partial charge in [0.1, 0.15) is 5.82 Å². The van der Waals surface area contributed by atoms with Gasteiger partial charge < -0.3 is 0 Å². The molecule has 0 nitrogen and oxygen atoms in total. The second-order valence-electron chi connectivity index (χ2n) is 5.00. The number of rotatable bonds is 5. The van der Waals surface area contributed by atoms with Crippen LogP contribution in [-0.4, -0.2) is 0 Å². The van der Waals surface area contributed by atoms with Gasteiger partial charge in [-0.15, -0.1) is 11.6 Å². The second kappa shape index (κ2) is 6.90. The number of halogens is 2. The fourth-order valence-electron chi connectivity index (χ4n) is 2.44. The van der Waals surface area contributed by atoms with Gasteiger partial charge in [-0.3, -0.25) is 0 Å². The molecule has 0 aliphatic rings. The Balaban J connectivity index is 2.28. The Morgan fingerprint density at radius 3 is 2.40 bits per heavy atom. The van der Waals surface area contributed by atoms with Crippen LogP contribution < -0.4 is 0 Å². The number of aryl methyl sites for hydroxylation is 2. The van der Waals surface area contributed by atoms with E-state index in [2.05, 4.69) is 32.0 Å². The zero-order valence-electron chi connectivity index (χ0n) is 12.0. The van der Waals surface area contributed by atoms with Crippen LogP contribution in [0.15, 0.2) is 42.5 Å². The van der Waals surface area contributed by atoms with Crippen molar-refractivity contribution in [1.82, 2.24) is 0 Å². The third-order valence-electron chi connectivity index (χ3n) is 3.69. The highest BCUT2D eigenvalue weighted by atomic mass is 35.5. The van der Waals surface area contributed by atoms with Crippen LogP contribution in [0.2, 0.25) is 0 Å². The van der Waals surface area contributed by atoms with Gasteiger partial charge in [-0.1, -0.05) is 50.2 Å². The molecule has 0 aliphatic carbocycles. The smallest absolute Gasteiger partial charge is 0.126 e. The van der Waals surface area contributed by atoms with E-state index in [4.69, 9.17) is 11.6 Å². The van der Waals surface area contributed by atoms with Crippen LogP contribution in [0.1, 0.15) is 41.5 Å². The molecule has 0 N–H and O–H groups in total. The van der Waals surface area contributed by atoms with E-state index in [0.29, 0.717) is 12.0 Å². The summed E-state index contributed by atoms with van der Waals surface area (Å²) in [6, 6.07) is 13.3.